The molecule has 0 aliphatic carbocycles. The Morgan fingerprint density at radius 2 is 1.87 bits per heavy atom. The van der Waals surface area contributed by atoms with Crippen molar-refractivity contribution in [1.82, 2.24) is 20.4 Å². The van der Waals surface area contributed by atoms with Crippen molar-refractivity contribution in [2.75, 3.05) is 7.11 Å². The molecule has 1 atom stereocenters. The fourth-order valence-electron chi connectivity index (χ4n) is 3.16. The molecule has 10 heteroatoms. The molecule has 0 unspecified atom stereocenters. The van der Waals surface area contributed by atoms with Gasteiger partial charge in [0.05, 0.1) is 7.11 Å². The summed E-state index contributed by atoms with van der Waals surface area (Å²) in [5.74, 6) is -1.83. The lowest BCUT2D eigenvalue weighted by molar-refractivity contribution is -0.131. The number of amides is 3. The average Bonchev–Trinajstić information content (AvgIpc) is 3.29. The Bertz CT molecular complexity index is 1130. The van der Waals surface area contributed by atoms with Crippen LogP contribution in [0.25, 0.3) is 11.4 Å². The van der Waals surface area contributed by atoms with Crippen molar-refractivity contribution in [1.29, 1.82) is 0 Å². The summed E-state index contributed by atoms with van der Waals surface area (Å²) < 4.78 is 37.1. The van der Waals surface area contributed by atoms with Crippen molar-refractivity contribution in [2.45, 2.75) is 19.0 Å². The summed E-state index contributed by atoms with van der Waals surface area (Å²) in [6.45, 7) is 1.14. The monoisotopic (exact) mass is 414 g/mol. The fourth-order valence-corrected chi connectivity index (χ4v) is 3.16. The molecule has 0 saturated carbocycles. The molecule has 3 amide bonds. The quantitative estimate of drug-likeness (QED) is 0.645. The zero-order valence-electron chi connectivity index (χ0n) is 16.0. The van der Waals surface area contributed by atoms with Crippen LogP contribution in [0.15, 0.2) is 47.0 Å². The number of imide groups is 1. The molecule has 2 aromatic carbocycles. The van der Waals surface area contributed by atoms with E-state index in [1.807, 2.05) is 0 Å². The molecule has 1 N–H and O–H groups in total. The van der Waals surface area contributed by atoms with Crippen LogP contribution in [0.3, 0.4) is 0 Å². The zero-order chi connectivity index (χ0) is 21.5. The van der Waals surface area contributed by atoms with Gasteiger partial charge in [-0.05, 0) is 48.9 Å². The minimum atomic E-state index is -1.55. The molecular formula is C20H16F2N4O4. The lowest BCUT2D eigenvalue weighted by Gasteiger charge is -2.22. The predicted molar refractivity (Wildman–Crippen MR) is 99.1 cm³/mol. The number of methoxy groups -OCH3 is 1. The van der Waals surface area contributed by atoms with E-state index >= 15 is 0 Å². The highest BCUT2D eigenvalue weighted by Crippen LogP contribution is 2.31. The van der Waals surface area contributed by atoms with Gasteiger partial charge in [0.1, 0.15) is 17.8 Å². The summed E-state index contributed by atoms with van der Waals surface area (Å²) in [6.07, 6.45) is 0. The number of nitrogens with zero attached hydrogens (tertiary/aromatic N) is 3. The summed E-state index contributed by atoms with van der Waals surface area (Å²) in [5, 5.41) is 6.37. The highest BCUT2D eigenvalue weighted by molar-refractivity contribution is 6.07. The Balaban J connectivity index is 1.55. The number of hydrogen-bond acceptors (Lipinski definition) is 6. The summed E-state index contributed by atoms with van der Waals surface area (Å²) in [4.78, 5) is 30.4. The van der Waals surface area contributed by atoms with Crippen LogP contribution in [-0.2, 0) is 16.9 Å². The van der Waals surface area contributed by atoms with Crippen LogP contribution in [0.1, 0.15) is 18.4 Å². The van der Waals surface area contributed by atoms with Gasteiger partial charge in [0, 0.05) is 5.56 Å². The molecule has 8 nitrogen and oxygen atoms in total. The van der Waals surface area contributed by atoms with Gasteiger partial charge < -0.3 is 14.6 Å². The SMILES string of the molecule is COc1ccc(-c2noc(CN3C(=O)N[C@@](C)(c4ccc(F)c(F)c4)C3=O)n2)cc1. The molecule has 0 radical (unpaired) electrons. The molecule has 2 heterocycles. The number of carbonyl (C=O) groups is 2. The van der Waals surface area contributed by atoms with Crippen LogP contribution in [0, 0.1) is 11.6 Å². The van der Waals surface area contributed by atoms with Gasteiger partial charge in [0.15, 0.2) is 11.6 Å². The number of nitrogens with one attached hydrogen (secondary N) is 1. The first-order chi connectivity index (χ1) is 14.3. The van der Waals surface area contributed by atoms with Crippen LogP contribution >= 0.6 is 0 Å². The minimum Gasteiger partial charge on any atom is -0.497 e. The molecule has 1 aliphatic rings. The van der Waals surface area contributed by atoms with Crippen molar-refractivity contribution < 1.29 is 27.6 Å². The standard InChI is InChI=1S/C20H16F2N4O4/c1-20(12-5-8-14(21)15(22)9-12)18(27)26(19(28)24-20)10-16-23-17(25-30-16)11-3-6-13(29-2)7-4-11/h3-9H,10H2,1-2H3,(H,24,28)/t20-/m0/s1. The molecule has 3 aromatic rings. The van der Waals surface area contributed by atoms with Crippen LogP contribution in [0.5, 0.6) is 5.75 Å². The Hall–Kier alpha value is -3.82. The molecule has 30 heavy (non-hydrogen) atoms. The highest BCUT2D eigenvalue weighted by atomic mass is 19.2. The molecule has 4 rings (SSSR count). The number of rotatable bonds is 5. The number of hydrogen-bond donors (Lipinski definition) is 1. The van der Waals surface area contributed by atoms with Gasteiger partial charge >= 0.3 is 6.03 Å². The van der Waals surface area contributed by atoms with Gasteiger partial charge in [-0.2, -0.15) is 4.98 Å². The predicted octanol–water partition coefficient (Wildman–Crippen LogP) is 2.99. The number of aromatic nitrogens is 2. The first kappa shape index (κ1) is 19.5. The second-order valence-electron chi connectivity index (χ2n) is 6.82. The maximum Gasteiger partial charge on any atom is 0.325 e. The van der Waals surface area contributed by atoms with Gasteiger partial charge in [-0.3, -0.25) is 9.69 Å². The Morgan fingerprint density at radius 3 is 2.53 bits per heavy atom. The highest BCUT2D eigenvalue weighted by Gasteiger charge is 2.49. The van der Waals surface area contributed by atoms with Crippen LogP contribution in [0.4, 0.5) is 13.6 Å². The third kappa shape index (κ3) is 3.25. The fraction of sp³-hybridized carbons (Fsp3) is 0.200. The number of urea groups is 1. The number of ether oxygens (including phenoxy) is 1. The van der Waals surface area contributed by atoms with E-state index in [0.717, 1.165) is 17.0 Å². The topological polar surface area (TPSA) is 97.6 Å². The van der Waals surface area contributed by atoms with Gasteiger partial charge in [-0.25, -0.2) is 13.6 Å². The second kappa shape index (κ2) is 7.21. The molecule has 1 aromatic heterocycles. The first-order valence-electron chi connectivity index (χ1n) is 8.88. The first-order valence-corrected chi connectivity index (χ1v) is 8.88. The zero-order valence-corrected chi connectivity index (χ0v) is 16.0. The summed E-state index contributed by atoms with van der Waals surface area (Å²) in [5.41, 5.74) is -0.772. The van der Waals surface area contributed by atoms with Crippen LogP contribution in [0.2, 0.25) is 0 Å². The van der Waals surface area contributed by atoms with E-state index in [1.54, 1.807) is 31.4 Å². The van der Waals surface area contributed by atoms with Crippen molar-refractivity contribution in [3.63, 3.8) is 0 Å². The Labute approximate surface area is 169 Å². The lowest BCUT2D eigenvalue weighted by Crippen LogP contribution is -2.41. The van der Waals surface area contributed by atoms with E-state index in [1.165, 1.54) is 13.0 Å². The third-order valence-corrected chi connectivity index (χ3v) is 4.88. The molecular weight excluding hydrogens is 398 g/mol. The number of carbonyl (C=O) groups excluding carboxylic acids is 2. The Kier molecular flexibility index (Phi) is 4.69. The molecule has 0 spiro atoms. The molecule has 1 fully saturated rings. The van der Waals surface area contributed by atoms with Gasteiger partial charge in [-0.15, -0.1) is 0 Å². The summed E-state index contributed by atoms with van der Waals surface area (Å²) in [6, 6.07) is 9.25. The maximum atomic E-state index is 13.6. The van der Waals surface area contributed by atoms with E-state index in [2.05, 4.69) is 15.5 Å². The van der Waals surface area contributed by atoms with E-state index < -0.39 is 29.1 Å². The van der Waals surface area contributed by atoms with Crippen molar-refractivity contribution in [2.24, 2.45) is 0 Å². The van der Waals surface area contributed by atoms with Gasteiger partial charge in [0.2, 0.25) is 11.7 Å². The van der Waals surface area contributed by atoms with E-state index in [4.69, 9.17) is 9.26 Å². The largest absolute Gasteiger partial charge is 0.497 e. The molecule has 154 valence electrons. The van der Waals surface area contributed by atoms with Crippen LogP contribution in [-0.4, -0.2) is 34.1 Å². The lowest BCUT2D eigenvalue weighted by atomic mass is 9.92. The van der Waals surface area contributed by atoms with Crippen molar-refractivity contribution >= 4 is 11.9 Å². The summed E-state index contributed by atoms with van der Waals surface area (Å²) >= 11 is 0. The van der Waals surface area contributed by atoms with Gasteiger partial charge in [-0.1, -0.05) is 11.2 Å². The maximum absolute atomic E-state index is 13.6. The minimum absolute atomic E-state index is 0.0406. The van der Waals surface area contributed by atoms with Crippen molar-refractivity contribution in [3.05, 3.63) is 65.6 Å². The number of halogens is 2. The second-order valence-corrected chi connectivity index (χ2v) is 6.82. The molecule has 1 saturated heterocycles. The van der Waals surface area contributed by atoms with Crippen LogP contribution < -0.4 is 10.1 Å². The Morgan fingerprint density at radius 1 is 1.13 bits per heavy atom. The average molecular weight is 414 g/mol. The smallest absolute Gasteiger partial charge is 0.325 e. The number of benzene rings is 2. The van der Waals surface area contributed by atoms with E-state index in [9.17, 15) is 18.4 Å². The molecule has 0 bridgehead atoms. The summed E-state index contributed by atoms with van der Waals surface area (Å²) in [7, 11) is 1.55. The van der Waals surface area contributed by atoms with Gasteiger partial charge in [0.25, 0.3) is 5.91 Å². The van der Waals surface area contributed by atoms with Crippen molar-refractivity contribution in [3.8, 4) is 17.1 Å². The third-order valence-electron chi connectivity index (χ3n) is 4.88. The normalized spacial score (nSPS) is 18.6. The molecule has 1 aliphatic heterocycles. The van der Waals surface area contributed by atoms with E-state index in [0.29, 0.717) is 11.3 Å². The van der Waals surface area contributed by atoms with E-state index in [-0.39, 0.29) is 23.8 Å².